The summed E-state index contributed by atoms with van der Waals surface area (Å²) < 4.78 is 0. The van der Waals surface area contributed by atoms with Crippen LogP contribution in [0.4, 0.5) is 5.82 Å². The van der Waals surface area contributed by atoms with Gasteiger partial charge in [0.15, 0.2) is 0 Å². The van der Waals surface area contributed by atoms with Crippen molar-refractivity contribution in [3.8, 4) is 0 Å². The van der Waals surface area contributed by atoms with Crippen molar-refractivity contribution in [3.05, 3.63) is 23.9 Å². The Labute approximate surface area is 105 Å². The average molecular weight is 235 g/mol. The van der Waals surface area contributed by atoms with Crippen LogP contribution in [0, 0.1) is 5.41 Å². The lowest BCUT2D eigenvalue weighted by Gasteiger charge is -2.30. The fourth-order valence-electron chi connectivity index (χ4n) is 2.17. The molecule has 1 atom stereocenters. The highest BCUT2D eigenvalue weighted by Crippen LogP contribution is 2.23. The summed E-state index contributed by atoms with van der Waals surface area (Å²) >= 11 is 0. The molecule has 3 N–H and O–H groups in total. The van der Waals surface area contributed by atoms with Crippen LogP contribution in [0.1, 0.15) is 39.2 Å². The normalized spacial score (nSPS) is 13.6. The second-order valence-electron chi connectivity index (χ2n) is 5.65. The molecule has 3 heteroatoms. The number of rotatable bonds is 5. The van der Waals surface area contributed by atoms with Gasteiger partial charge in [-0.25, -0.2) is 4.98 Å². The van der Waals surface area contributed by atoms with E-state index in [-0.39, 0.29) is 0 Å². The molecule has 1 heterocycles. The lowest BCUT2D eigenvalue weighted by molar-refractivity contribution is 0.263. The fourth-order valence-corrected chi connectivity index (χ4v) is 2.17. The van der Waals surface area contributed by atoms with Crippen LogP contribution in [0.25, 0.3) is 0 Å². The molecule has 0 aliphatic rings. The van der Waals surface area contributed by atoms with Crippen LogP contribution in [0.15, 0.2) is 18.3 Å². The number of nitrogens with two attached hydrogens (primary N) is 1. The fraction of sp³-hybridized carbons (Fsp3) is 0.643. The molecule has 0 fully saturated rings. The van der Waals surface area contributed by atoms with E-state index in [1.54, 1.807) is 6.20 Å². The zero-order valence-electron chi connectivity index (χ0n) is 11.5. The molecule has 0 aromatic carbocycles. The van der Waals surface area contributed by atoms with Crippen molar-refractivity contribution >= 4 is 5.82 Å². The molecule has 1 aromatic rings. The molecule has 0 spiro atoms. The minimum Gasteiger partial charge on any atom is -0.383 e. The van der Waals surface area contributed by atoms with Crippen LogP contribution in [0.3, 0.4) is 0 Å². The number of anilines is 1. The van der Waals surface area contributed by atoms with Gasteiger partial charge >= 0.3 is 0 Å². The van der Waals surface area contributed by atoms with Gasteiger partial charge in [0, 0.05) is 12.2 Å². The van der Waals surface area contributed by atoms with E-state index in [9.17, 15) is 0 Å². The van der Waals surface area contributed by atoms with E-state index in [1.807, 2.05) is 13.1 Å². The Balaban J connectivity index is 2.45. The molecule has 0 bridgehead atoms. The quantitative estimate of drug-likeness (QED) is 0.825. The summed E-state index contributed by atoms with van der Waals surface area (Å²) in [5.74, 6) is 0.671. The van der Waals surface area contributed by atoms with Gasteiger partial charge in [-0.05, 0) is 43.4 Å². The second-order valence-corrected chi connectivity index (χ2v) is 5.65. The SMILES string of the molecule is CNC(CCCc1cccnc1N)C(C)(C)C. The minimum atomic E-state index is 0.301. The highest BCUT2D eigenvalue weighted by molar-refractivity contribution is 5.38. The van der Waals surface area contributed by atoms with E-state index in [1.165, 1.54) is 0 Å². The molecule has 3 nitrogen and oxygen atoms in total. The third-order valence-corrected chi connectivity index (χ3v) is 3.26. The molecular weight excluding hydrogens is 210 g/mol. The van der Waals surface area contributed by atoms with Crippen LogP contribution >= 0.6 is 0 Å². The van der Waals surface area contributed by atoms with E-state index in [0.29, 0.717) is 17.3 Å². The third-order valence-electron chi connectivity index (χ3n) is 3.26. The van der Waals surface area contributed by atoms with Crippen molar-refractivity contribution in [1.29, 1.82) is 0 Å². The maximum Gasteiger partial charge on any atom is 0.126 e. The number of hydrogen-bond acceptors (Lipinski definition) is 3. The molecule has 1 aromatic heterocycles. The van der Waals surface area contributed by atoms with E-state index in [2.05, 4.69) is 37.1 Å². The molecular formula is C14H25N3. The van der Waals surface area contributed by atoms with Crippen molar-refractivity contribution in [2.24, 2.45) is 5.41 Å². The predicted octanol–water partition coefficient (Wildman–Crippen LogP) is 2.62. The van der Waals surface area contributed by atoms with Crippen molar-refractivity contribution in [3.63, 3.8) is 0 Å². The second kappa shape index (κ2) is 6.01. The van der Waals surface area contributed by atoms with Gasteiger partial charge < -0.3 is 11.1 Å². The summed E-state index contributed by atoms with van der Waals surface area (Å²) in [5.41, 5.74) is 7.29. The standard InChI is InChI=1S/C14H25N3/c1-14(2,3)12(16-4)9-5-7-11-8-6-10-17-13(11)15/h6,8,10,12,16H,5,7,9H2,1-4H3,(H2,15,17). The number of pyridine rings is 1. The molecule has 0 aliphatic carbocycles. The Hall–Kier alpha value is -1.09. The van der Waals surface area contributed by atoms with E-state index in [4.69, 9.17) is 5.73 Å². The zero-order chi connectivity index (χ0) is 12.9. The minimum absolute atomic E-state index is 0.301. The molecule has 17 heavy (non-hydrogen) atoms. The van der Waals surface area contributed by atoms with Crippen LogP contribution in [0.5, 0.6) is 0 Å². The van der Waals surface area contributed by atoms with Gasteiger partial charge in [-0.15, -0.1) is 0 Å². The topological polar surface area (TPSA) is 50.9 Å². The van der Waals surface area contributed by atoms with Crippen molar-refractivity contribution in [2.45, 2.75) is 46.1 Å². The Morgan fingerprint density at radius 2 is 2.12 bits per heavy atom. The molecule has 0 amide bonds. The van der Waals surface area contributed by atoms with Gasteiger partial charge in [0.25, 0.3) is 0 Å². The summed E-state index contributed by atoms with van der Waals surface area (Å²) in [6, 6.07) is 4.55. The Bertz CT molecular complexity index is 342. The monoisotopic (exact) mass is 235 g/mol. The Kier molecular flexibility index (Phi) is 4.94. The van der Waals surface area contributed by atoms with E-state index >= 15 is 0 Å². The summed E-state index contributed by atoms with van der Waals surface area (Å²) in [4.78, 5) is 4.11. The van der Waals surface area contributed by atoms with E-state index < -0.39 is 0 Å². The number of aromatic nitrogens is 1. The molecule has 0 saturated heterocycles. The molecule has 0 saturated carbocycles. The maximum atomic E-state index is 5.83. The third kappa shape index (κ3) is 4.35. The molecule has 0 aliphatic heterocycles. The van der Waals surface area contributed by atoms with Crippen molar-refractivity contribution in [2.75, 3.05) is 12.8 Å². The largest absolute Gasteiger partial charge is 0.383 e. The summed E-state index contributed by atoms with van der Waals surface area (Å²) in [5, 5.41) is 3.40. The van der Waals surface area contributed by atoms with Gasteiger partial charge in [-0.1, -0.05) is 26.8 Å². The first-order chi connectivity index (χ1) is 7.95. The average Bonchev–Trinajstić information content (AvgIpc) is 2.25. The van der Waals surface area contributed by atoms with Gasteiger partial charge in [0.2, 0.25) is 0 Å². The Morgan fingerprint density at radius 3 is 2.65 bits per heavy atom. The summed E-state index contributed by atoms with van der Waals surface area (Å²) in [6.07, 6.45) is 5.05. The van der Waals surface area contributed by atoms with E-state index in [0.717, 1.165) is 24.8 Å². The van der Waals surface area contributed by atoms with Gasteiger partial charge in [-0.2, -0.15) is 0 Å². The van der Waals surface area contributed by atoms with Crippen LogP contribution in [-0.2, 0) is 6.42 Å². The summed E-state index contributed by atoms with van der Waals surface area (Å²) in [6.45, 7) is 6.81. The molecule has 1 rings (SSSR count). The number of nitrogen functional groups attached to an aromatic ring is 1. The predicted molar refractivity (Wildman–Crippen MR) is 73.9 cm³/mol. The molecule has 0 radical (unpaired) electrons. The van der Waals surface area contributed by atoms with Gasteiger partial charge in [0.1, 0.15) is 5.82 Å². The van der Waals surface area contributed by atoms with Crippen LogP contribution in [0.2, 0.25) is 0 Å². The first kappa shape index (κ1) is 14.0. The number of nitrogens with zero attached hydrogens (tertiary/aromatic N) is 1. The zero-order valence-corrected chi connectivity index (χ0v) is 11.5. The molecule has 96 valence electrons. The highest BCUT2D eigenvalue weighted by atomic mass is 14.9. The maximum absolute atomic E-state index is 5.83. The first-order valence-corrected chi connectivity index (χ1v) is 6.31. The lowest BCUT2D eigenvalue weighted by atomic mass is 9.83. The van der Waals surface area contributed by atoms with Crippen molar-refractivity contribution in [1.82, 2.24) is 10.3 Å². The van der Waals surface area contributed by atoms with Crippen LogP contribution < -0.4 is 11.1 Å². The summed E-state index contributed by atoms with van der Waals surface area (Å²) in [7, 11) is 2.04. The number of nitrogens with one attached hydrogen (secondary N) is 1. The van der Waals surface area contributed by atoms with Crippen molar-refractivity contribution < 1.29 is 0 Å². The molecule has 1 unspecified atom stereocenters. The number of aryl methyl sites for hydroxylation is 1. The highest BCUT2D eigenvalue weighted by Gasteiger charge is 2.22. The smallest absolute Gasteiger partial charge is 0.126 e. The first-order valence-electron chi connectivity index (χ1n) is 6.31. The van der Waals surface area contributed by atoms with Gasteiger partial charge in [-0.3, -0.25) is 0 Å². The van der Waals surface area contributed by atoms with Gasteiger partial charge in [0.05, 0.1) is 0 Å². The lowest BCUT2D eigenvalue weighted by Crippen LogP contribution is -2.37. The number of hydrogen-bond donors (Lipinski definition) is 2. The Morgan fingerprint density at radius 1 is 1.41 bits per heavy atom. The van der Waals surface area contributed by atoms with Crippen LogP contribution in [-0.4, -0.2) is 18.1 Å².